The number of hydrogen-bond acceptors (Lipinski definition) is 3. The molecule has 3 aliphatic rings. The van der Waals surface area contributed by atoms with E-state index >= 15 is 0 Å². The molecule has 0 aromatic carbocycles. The first kappa shape index (κ1) is 16.1. The average Bonchev–Trinajstić information content (AvgIpc) is 3.13. The van der Waals surface area contributed by atoms with Crippen LogP contribution in [0.3, 0.4) is 0 Å². The van der Waals surface area contributed by atoms with E-state index in [1.54, 1.807) is 0 Å². The Hall–Kier alpha value is -0.810. The molecule has 1 spiro atoms. The summed E-state index contributed by atoms with van der Waals surface area (Å²) < 4.78 is 11.4. The summed E-state index contributed by atoms with van der Waals surface area (Å²) in [5.74, 6) is 1.04. The van der Waals surface area contributed by atoms with Crippen LogP contribution in [0.2, 0.25) is 0 Å². The summed E-state index contributed by atoms with van der Waals surface area (Å²) in [7, 11) is 3.71. The summed E-state index contributed by atoms with van der Waals surface area (Å²) in [6, 6.07) is 0.410. The molecule has 3 unspecified atom stereocenters. The van der Waals surface area contributed by atoms with Crippen LogP contribution in [0, 0.1) is 10.8 Å². The van der Waals surface area contributed by atoms with E-state index in [0.29, 0.717) is 11.5 Å². The number of likely N-dealkylation sites (tertiary alicyclic amines) is 1. The lowest BCUT2D eigenvalue weighted by Gasteiger charge is -2.59. The topological polar surface area (TPSA) is 46.1 Å². The van der Waals surface area contributed by atoms with Crippen molar-refractivity contribution in [1.82, 2.24) is 10.2 Å². The monoisotopic (exact) mass is 309 g/mol. The van der Waals surface area contributed by atoms with Crippen LogP contribution < -0.4 is 5.32 Å². The molecule has 2 heterocycles. The third kappa shape index (κ3) is 2.33. The Balaban J connectivity index is 1.63. The molecule has 0 amide bonds. The van der Waals surface area contributed by atoms with Gasteiger partial charge in [0.1, 0.15) is 0 Å². The van der Waals surface area contributed by atoms with Crippen molar-refractivity contribution < 1.29 is 9.47 Å². The quantitative estimate of drug-likeness (QED) is 0.625. The van der Waals surface area contributed by atoms with Crippen LogP contribution in [0.1, 0.15) is 40.0 Å². The SMILES string of the molecule is CN=C(NC1CC(C)(OC)C1(C)C)N1CCC2(CCOC2)C1. The van der Waals surface area contributed by atoms with E-state index in [0.717, 1.165) is 38.7 Å². The largest absolute Gasteiger partial charge is 0.381 e. The van der Waals surface area contributed by atoms with Gasteiger partial charge in [-0.1, -0.05) is 13.8 Å². The van der Waals surface area contributed by atoms with Gasteiger partial charge >= 0.3 is 0 Å². The van der Waals surface area contributed by atoms with Crippen molar-refractivity contribution in [2.45, 2.75) is 51.7 Å². The van der Waals surface area contributed by atoms with Gasteiger partial charge < -0.3 is 19.7 Å². The Labute approximate surface area is 134 Å². The summed E-state index contributed by atoms with van der Waals surface area (Å²) in [5, 5.41) is 3.69. The molecular weight excluding hydrogens is 278 g/mol. The van der Waals surface area contributed by atoms with E-state index in [1.165, 1.54) is 12.8 Å². The number of hydrogen-bond donors (Lipinski definition) is 1. The molecule has 1 N–H and O–H groups in total. The summed E-state index contributed by atoms with van der Waals surface area (Å²) in [6.45, 7) is 10.7. The van der Waals surface area contributed by atoms with Gasteiger partial charge in [-0.2, -0.15) is 0 Å². The first-order valence-electron chi connectivity index (χ1n) is 8.47. The second-order valence-electron chi connectivity index (χ2n) is 8.08. The van der Waals surface area contributed by atoms with Gasteiger partial charge in [-0.25, -0.2) is 0 Å². The molecule has 0 aromatic rings. The molecular formula is C17H31N3O2. The number of nitrogens with zero attached hydrogens (tertiary/aromatic N) is 2. The maximum atomic E-state index is 5.73. The van der Waals surface area contributed by atoms with Crippen LogP contribution in [-0.4, -0.2) is 63.0 Å². The summed E-state index contributed by atoms with van der Waals surface area (Å²) in [5.41, 5.74) is 0.425. The molecule has 1 aliphatic carbocycles. The maximum absolute atomic E-state index is 5.73. The Kier molecular flexibility index (Phi) is 3.92. The van der Waals surface area contributed by atoms with Gasteiger partial charge in [-0.3, -0.25) is 4.99 Å². The number of rotatable bonds is 2. The fourth-order valence-electron chi connectivity index (χ4n) is 4.26. The number of aliphatic imine (C=N–C) groups is 1. The van der Waals surface area contributed by atoms with Crippen molar-refractivity contribution in [2.75, 3.05) is 40.5 Å². The van der Waals surface area contributed by atoms with E-state index in [4.69, 9.17) is 9.47 Å². The zero-order chi connectivity index (χ0) is 16.0. The lowest BCUT2D eigenvalue weighted by atomic mass is 9.56. The van der Waals surface area contributed by atoms with Crippen molar-refractivity contribution in [3.63, 3.8) is 0 Å². The van der Waals surface area contributed by atoms with Gasteiger partial charge in [0.25, 0.3) is 0 Å². The summed E-state index contributed by atoms with van der Waals surface area (Å²) >= 11 is 0. The molecule has 0 aromatic heterocycles. The molecule has 0 radical (unpaired) electrons. The first-order valence-corrected chi connectivity index (χ1v) is 8.47. The van der Waals surface area contributed by atoms with Gasteiger partial charge in [0.2, 0.25) is 0 Å². The Morgan fingerprint density at radius 3 is 2.64 bits per heavy atom. The average molecular weight is 309 g/mol. The standard InChI is InChI=1S/C17H31N3O2/c1-15(2)13(10-16(15,3)21-5)19-14(18-4)20-8-6-17(11-20)7-9-22-12-17/h13H,6-12H2,1-5H3,(H,18,19). The lowest BCUT2D eigenvalue weighted by Crippen LogP contribution is -2.69. The van der Waals surface area contributed by atoms with Crippen LogP contribution in [-0.2, 0) is 9.47 Å². The van der Waals surface area contributed by atoms with E-state index in [2.05, 4.69) is 36.0 Å². The van der Waals surface area contributed by atoms with Gasteiger partial charge in [0, 0.05) is 50.7 Å². The number of nitrogens with one attached hydrogen (secondary N) is 1. The van der Waals surface area contributed by atoms with Crippen LogP contribution in [0.5, 0.6) is 0 Å². The Morgan fingerprint density at radius 1 is 1.32 bits per heavy atom. The minimum atomic E-state index is -0.0466. The maximum Gasteiger partial charge on any atom is 0.193 e. The fourth-order valence-corrected chi connectivity index (χ4v) is 4.26. The van der Waals surface area contributed by atoms with Crippen molar-refractivity contribution >= 4 is 5.96 Å². The molecule has 2 aliphatic heterocycles. The lowest BCUT2D eigenvalue weighted by molar-refractivity contribution is -0.176. The van der Waals surface area contributed by atoms with Gasteiger partial charge in [-0.15, -0.1) is 0 Å². The predicted molar refractivity (Wildman–Crippen MR) is 88.2 cm³/mol. The van der Waals surface area contributed by atoms with Crippen LogP contribution in [0.15, 0.2) is 4.99 Å². The molecule has 5 heteroatoms. The molecule has 3 atom stereocenters. The third-order valence-electron chi connectivity index (χ3n) is 6.72. The van der Waals surface area contributed by atoms with Gasteiger partial charge in [0.05, 0.1) is 12.2 Å². The zero-order valence-corrected chi connectivity index (χ0v) is 14.7. The molecule has 22 heavy (non-hydrogen) atoms. The van der Waals surface area contributed by atoms with Crippen LogP contribution >= 0.6 is 0 Å². The highest BCUT2D eigenvalue weighted by molar-refractivity contribution is 5.81. The van der Waals surface area contributed by atoms with Gasteiger partial charge in [0.15, 0.2) is 5.96 Å². The molecule has 1 saturated carbocycles. The minimum absolute atomic E-state index is 0.0466. The van der Waals surface area contributed by atoms with Crippen LogP contribution in [0.4, 0.5) is 0 Å². The molecule has 126 valence electrons. The highest BCUT2D eigenvalue weighted by atomic mass is 16.5. The molecule has 2 saturated heterocycles. The molecule has 3 rings (SSSR count). The van der Waals surface area contributed by atoms with Crippen molar-refractivity contribution in [3.05, 3.63) is 0 Å². The highest BCUT2D eigenvalue weighted by Crippen LogP contribution is 2.51. The number of guanidine groups is 1. The van der Waals surface area contributed by atoms with E-state index < -0.39 is 0 Å². The number of methoxy groups -OCH3 is 1. The Bertz CT molecular complexity index is 457. The van der Waals surface area contributed by atoms with Crippen molar-refractivity contribution in [2.24, 2.45) is 15.8 Å². The normalized spacial score (nSPS) is 41.0. The summed E-state index contributed by atoms with van der Waals surface area (Å²) in [6.07, 6.45) is 3.44. The second-order valence-corrected chi connectivity index (χ2v) is 8.08. The smallest absolute Gasteiger partial charge is 0.193 e. The number of ether oxygens (including phenoxy) is 2. The van der Waals surface area contributed by atoms with Gasteiger partial charge in [-0.05, 0) is 26.2 Å². The highest BCUT2D eigenvalue weighted by Gasteiger charge is 2.58. The fraction of sp³-hybridized carbons (Fsp3) is 0.941. The first-order chi connectivity index (χ1) is 10.4. The van der Waals surface area contributed by atoms with Crippen molar-refractivity contribution in [3.8, 4) is 0 Å². The molecule has 5 nitrogen and oxygen atoms in total. The predicted octanol–water partition coefficient (Wildman–Crippen LogP) is 1.88. The summed E-state index contributed by atoms with van der Waals surface area (Å²) in [4.78, 5) is 6.95. The van der Waals surface area contributed by atoms with Crippen LogP contribution in [0.25, 0.3) is 0 Å². The van der Waals surface area contributed by atoms with Crippen molar-refractivity contribution in [1.29, 1.82) is 0 Å². The molecule has 0 bridgehead atoms. The van der Waals surface area contributed by atoms with E-state index in [1.807, 2.05) is 14.2 Å². The zero-order valence-electron chi connectivity index (χ0n) is 14.7. The Morgan fingerprint density at radius 2 is 2.09 bits per heavy atom. The third-order valence-corrected chi connectivity index (χ3v) is 6.72. The second kappa shape index (κ2) is 5.38. The van der Waals surface area contributed by atoms with E-state index in [9.17, 15) is 0 Å². The minimum Gasteiger partial charge on any atom is -0.381 e. The van der Waals surface area contributed by atoms with E-state index in [-0.39, 0.29) is 11.0 Å². The molecule has 3 fully saturated rings.